The summed E-state index contributed by atoms with van der Waals surface area (Å²) in [5.74, 6) is -0.188. The first-order valence-electron chi connectivity index (χ1n) is 6.04. The van der Waals surface area contributed by atoms with Crippen molar-refractivity contribution in [1.82, 2.24) is 10.3 Å². The van der Waals surface area contributed by atoms with Gasteiger partial charge in [-0.1, -0.05) is 6.07 Å². The number of nitrogens with zero attached hydrogens (tertiary/aromatic N) is 1. The van der Waals surface area contributed by atoms with E-state index in [1.54, 1.807) is 23.6 Å². The standard InChI is InChI=1S/C13H16N2O2S2/c1-8(6-9(2)16)14-12(17)10-7-19-13(15-10)11-4-3-5-18-11/h3-5,7-9,16H,6H2,1-2H3,(H,14,17). The number of hydrogen-bond acceptors (Lipinski definition) is 5. The third kappa shape index (κ3) is 3.86. The number of hydrogen-bond donors (Lipinski definition) is 2. The van der Waals surface area contributed by atoms with Gasteiger partial charge in [-0.05, 0) is 31.7 Å². The molecule has 0 radical (unpaired) electrons. The molecule has 0 bridgehead atoms. The Bertz CT molecular complexity index is 535. The lowest BCUT2D eigenvalue weighted by Crippen LogP contribution is -2.34. The Labute approximate surface area is 120 Å². The second-order valence-electron chi connectivity index (χ2n) is 4.47. The first-order chi connectivity index (χ1) is 9.06. The molecule has 0 aliphatic carbocycles. The summed E-state index contributed by atoms with van der Waals surface area (Å²) in [5.41, 5.74) is 0.436. The van der Waals surface area contributed by atoms with Crippen molar-refractivity contribution in [3.8, 4) is 9.88 Å². The molecule has 0 aliphatic rings. The number of thiazole rings is 1. The van der Waals surface area contributed by atoms with Crippen LogP contribution in [0.2, 0.25) is 0 Å². The predicted octanol–water partition coefficient (Wildman–Crippen LogP) is 2.76. The summed E-state index contributed by atoms with van der Waals surface area (Å²) >= 11 is 3.07. The normalized spacial score (nSPS) is 14.1. The van der Waals surface area contributed by atoms with E-state index in [1.807, 2.05) is 24.4 Å². The molecule has 0 saturated heterocycles. The molecule has 4 nitrogen and oxygen atoms in total. The molecule has 2 unspecified atom stereocenters. The smallest absolute Gasteiger partial charge is 0.270 e. The van der Waals surface area contributed by atoms with E-state index in [2.05, 4.69) is 10.3 Å². The highest BCUT2D eigenvalue weighted by atomic mass is 32.1. The Kier molecular flexibility index (Phi) is 4.68. The van der Waals surface area contributed by atoms with Crippen LogP contribution in [0.1, 0.15) is 30.8 Å². The van der Waals surface area contributed by atoms with Crippen LogP contribution in [0.4, 0.5) is 0 Å². The number of aromatic nitrogens is 1. The molecule has 2 aromatic rings. The Hall–Kier alpha value is -1.24. The van der Waals surface area contributed by atoms with E-state index in [9.17, 15) is 9.90 Å². The maximum absolute atomic E-state index is 12.0. The molecule has 2 N–H and O–H groups in total. The highest BCUT2D eigenvalue weighted by Gasteiger charge is 2.15. The van der Waals surface area contributed by atoms with Gasteiger partial charge in [0, 0.05) is 11.4 Å². The molecule has 0 saturated carbocycles. The van der Waals surface area contributed by atoms with Gasteiger partial charge in [0.2, 0.25) is 0 Å². The Balaban J connectivity index is 2.00. The zero-order valence-corrected chi connectivity index (χ0v) is 12.4. The zero-order valence-electron chi connectivity index (χ0n) is 10.8. The molecule has 0 aliphatic heterocycles. The van der Waals surface area contributed by atoms with Gasteiger partial charge >= 0.3 is 0 Å². The van der Waals surface area contributed by atoms with Crippen molar-refractivity contribution in [2.75, 3.05) is 0 Å². The molecule has 102 valence electrons. The van der Waals surface area contributed by atoms with Crippen LogP contribution < -0.4 is 5.32 Å². The molecule has 19 heavy (non-hydrogen) atoms. The number of nitrogens with one attached hydrogen (secondary N) is 1. The van der Waals surface area contributed by atoms with Crippen molar-refractivity contribution in [2.24, 2.45) is 0 Å². The second-order valence-corrected chi connectivity index (χ2v) is 6.28. The van der Waals surface area contributed by atoms with Gasteiger partial charge in [0.15, 0.2) is 0 Å². The fraction of sp³-hybridized carbons (Fsp3) is 0.385. The van der Waals surface area contributed by atoms with Crippen LogP contribution in [0.5, 0.6) is 0 Å². The third-order valence-electron chi connectivity index (χ3n) is 2.54. The van der Waals surface area contributed by atoms with Crippen molar-refractivity contribution in [1.29, 1.82) is 0 Å². The Morgan fingerprint density at radius 1 is 1.47 bits per heavy atom. The van der Waals surface area contributed by atoms with E-state index in [0.717, 1.165) is 9.88 Å². The van der Waals surface area contributed by atoms with Gasteiger partial charge in [0.1, 0.15) is 10.7 Å². The van der Waals surface area contributed by atoms with Crippen molar-refractivity contribution in [3.05, 3.63) is 28.6 Å². The number of rotatable bonds is 5. The molecule has 2 rings (SSSR count). The summed E-state index contributed by atoms with van der Waals surface area (Å²) < 4.78 is 0. The summed E-state index contributed by atoms with van der Waals surface area (Å²) in [6.07, 6.45) is 0.112. The molecule has 0 aromatic carbocycles. The van der Waals surface area contributed by atoms with E-state index < -0.39 is 6.10 Å². The van der Waals surface area contributed by atoms with Gasteiger partial charge in [-0.15, -0.1) is 22.7 Å². The van der Waals surface area contributed by atoms with E-state index in [4.69, 9.17) is 0 Å². The van der Waals surface area contributed by atoms with Crippen molar-refractivity contribution < 1.29 is 9.90 Å². The zero-order chi connectivity index (χ0) is 13.8. The molecular formula is C13H16N2O2S2. The molecule has 2 atom stereocenters. The van der Waals surface area contributed by atoms with E-state index >= 15 is 0 Å². The maximum Gasteiger partial charge on any atom is 0.270 e. The van der Waals surface area contributed by atoms with Gasteiger partial charge < -0.3 is 10.4 Å². The molecular weight excluding hydrogens is 280 g/mol. The van der Waals surface area contributed by atoms with Crippen molar-refractivity contribution in [3.63, 3.8) is 0 Å². The van der Waals surface area contributed by atoms with E-state index in [-0.39, 0.29) is 11.9 Å². The van der Waals surface area contributed by atoms with Crippen LogP contribution in [-0.2, 0) is 0 Å². The van der Waals surface area contributed by atoms with Gasteiger partial charge in [-0.3, -0.25) is 4.79 Å². The highest BCUT2D eigenvalue weighted by Crippen LogP contribution is 2.27. The first-order valence-corrected chi connectivity index (χ1v) is 7.80. The quantitative estimate of drug-likeness (QED) is 0.892. The summed E-state index contributed by atoms with van der Waals surface area (Å²) in [5, 5.41) is 16.7. The number of aliphatic hydroxyl groups is 1. The maximum atomic E-state index is 12.0. The minimum Gasteiger partial charge on any atom is -0.393 e. The van der Waals surface area contributed by atoms with Gasteiger partial charge in [0.25, 0.3) is 5.91 Å². The number of carbonyl (C=O) groups is 1. The number of carbonyl (C=O) groups excluding carboxylic acids is 1. The molecule has 1 amide bonds. The SMILES string of the molecule is CC(O)CC(C)NC(=O)c1csc(-c2cccs2)n1. The second kappa shape index (κ2) is 6.27. The first kappa shape index (κ1) is 14.2. The van der Waals surface area contributed by atoms with Crippen LogP contribution in [0.15, 0.2) is 22.9 Å². The minimum atomic E-state index is -0.424. The van der Waals surface area contributed by atoms with Crippen LogP contribution >= 0.6 is 22.7 Å². The minimum absolute atomic E-state index is 0.0700. The third-order valence-corrected chi connectivity index (χ3v) is 4.42. The Morgan fingerprint density at radius 3 is 2.89 bits per heavy atom. The van der Waals surface area contributed by atoms with Crippen LogP contribution in [0.3, 0.4) is 0 Å². The molecule has 0 fully saturated rings. The summed E-state index contributed by atoms with van der Waals surface area (Å²) in [6.45, 7) is 3.58. The monoisotopic (exact) mass is 296 g/mol. The summed E-state index contributed by atoms with van der Waals surface area (Å²) in [6, 6.07) is 3.88. The topological polar surface area (TPSA) is 62.2 Å². The van der Waals surface area contributed by atoms with Crippen molar-refractivity contribution in [2.45, 2.75) is 32.4 Å². The predicted molar refractivity (Wildman–Crippen MR) is 78.7 cm³/mol. The fourth-order valence-electron chi connectivity index (χ4n) is 1.76. The van der Waals surface area contributed by atoms with Crippen LogP contribution in [-0.4, -0.2) is 28.1 Å². The summed E-state index contributed by atoms with van der Waals surface area (Å²) in [7, 11) is 0. The van der Waals surface area contributed by atoms with E-state index in [0.29, 0.717) is 12.1 Å². The average molecular weight is 296 g/mol. The molecule has 6 heteroatoms. The van der Waals surface area contributed by atoms with Gasteiger partial charge in [-0.2, -0.15) is 0 Å². The van der Waals surface area contributed by atoms with Crippen molar-refractivity contribution >= 4 is 28.6 Å². The average Bonchev–Trinajstić information content (AvgIpc) is 2.99. The molecule has 0 spiro atoms. The highest BCUT2D eigenvalue weighted by molar-refractivity contribution is 7.20. The molecule has 2 aromatic heterocycles. The van der Waals surface area contributed by atoms with E-state index in [1.165, 1.54) is 11.3 Å². The lowest BCUT2D eigenvalue weighted by molar-refractivity contribution is 0.0919. The largest absolute Gasteiger partial charge is 0.393 e. The van der Waals surface area contributed by atoms with Gasteiger partial charge in [-0.25, -0.2) is 4.98 Å². The van der Waals surface area contributed by atoms with Crippen LogP contribution in [0.25, 0.3) is 9.88 Å². The number of thiophene rings is 1. The number of aliphatic hydroxyl groups excluding tert-OH is 1. The lowest BCUT2D eigenvalue weighted by Gasteiger charge is -2.14. The fourth-order valence-corrected chi connectivity index (χ4v) is 3.37. The summed E-state index contributed by atoms with van der Waals surface area (Å²) in [4.78, 5) is 17.4. The number of amides is 1. The lowest BCUT2D eigenvalue weighted by atomic mass is 10.1. The Morgan fingerprint density at radius 2 is 2.26 bits per heavy atom. The van der Waals surface area contributed by atoms with Crippen LogP contribution in [0, 0.1) is 0 Å². The van der Waals surface area contributed by atoms with Gasteiger partial charge in [0.05, 0.1) is 11.0 Å². The molecule has 2 heterocycles.